The third-order valence-corrected chi connectivity index (χ3v) is 8.68. The molecule has 12 heteroatoms. The van der Waals surface area contributed by atoms with Crippen molar-refractivity contribution >= 4 is 57.7 Å². The van der Waals surface area contributed by atoms with Crippen molar-refractivity contribution in [3.05, 3.63) is 52.9 Å². The second-order valence-electron chi connectivity index (χ2n) is 11.9. The molecule has 0 spiro atoms. The molecule has 2 aliphatic rings. The summed E-state index contributed by atoms with van der Waals surface area (Å²) in [6.45, 7) is 2.87. The van der Waals surface area contributed by atoms with E-state index < -0.39 is 5.91 Å². The molecule has 44 heavy (non-hydrogen) atoms. The van der Waals surface area contributed by atoms with Crippen molar-refractivity contribution in [3.63, 3.8) is 0 Å². The van der Waals surface area contributed by atoms with E-state index in [1.165, 1.54) is 6.20 Å². The molecule has 1 saturated carbocycles. The predicted octanol–water partition coefficient (Wildman–Crippen LogP) is 4.73. The maximum Gasteiger partial charge on any atom is 0.294 e. The Bertz CT molecular complexity index is 1520. The Hall–Kier alpha value is -3.96. The van der Waals surface area contributed by atoms with Crippen LogP contribution in [-0.4, -0.2) is 90.6 Å². The molecule has 1 aliphatic carbocycles. The van der Waals surface area contributed by atoms with Gasteiger partial charge in [-0.1, -0.05) is 11.6 Å². The molecule has 4 amide bonds. The van der Waals surface area contributed by atoms with E-state index in [1.807, 2.05) is 23.9 Å². The third kappa shape index (κ3) is 7.22. The number of pyridine rings is 1. The van der Waals surface area contributed by atoms with E-state index in [0.29, 0.717) is 60.3 Å². The molecular formula is C32H39ClN6O5. The van der Waals surface area contributed by atoms with Gasteiger partial charge in [0.15, 0.2) is 0 Å². The number of aromatic nitrogens is 1. The summed E-state index contributed by atoms with van der Waals surface area (Å²) in [5.74, 6) is -1.07. The van der Waals surface area contributed by atoms with E-state index in [2.05, 4.69) is 15.6 Å². The number of nitrogens with zero attached hydrogens (tertiary/aromatic N) is 4. The third-order valence-electron chi connectivity index (χ3n) is 8.45. The van der Waals surface area contributed by atoms with Crippen LogP contribution >= 0.6 is 11.6 Å². The van der Waals surface area contributed by atoms with E-state index >= 15 is 0 Å². The monoisotopic (exact) mass is 622 g/mol. The zero-order valence-electron chi connectivity index (χ0n) is 25.4. The number of carbonyl (C=O) groups is 4. The fourth-order valence-electron chi connectivity index (χ4n) is 5.83. The first-order chi connectivity index (χ1) is 21.1. The number of likely N-dealkylation sites (tertiary alicyclic amines) is 1. The molecule has 3 aromatic rings. The zero-order valence-corrected chi connectivity index (χ0v) is 26.2. The Balaban J connectivity index is 1.38. The number of halogens is 1. The first-order valence-electron chi connectivity index (χ1n) is 15.1. The van der Waals surface area contributed by atoms with Crippen LogP contribution in [0.3, 0.4) is 0 Å². The first-order valence-corrected chi connectivity index (χ1v) is 15.5. The van der Waals surface area contributed by atoms with Crippen LogP contribution in [0.1, 0.15) is 59.4 Å². The van der Waals surface area contributed by atoms with Gasteiger partial charge in [0, 0.05) is 62.2 Å². The van der Waals surface area contributed by atoms with Gasteiger partial charge in [0.1, 0.15) is 17.1 Å². The highest BCUT2D eigenvalue weighted by molar-refractivity contribution is 6.30. The number of nitrogens with one attached hydrogen (secondary N) is 2. The Kier molecular flexibility index (Phi) is 9.85. The molecular weight excluding hydrogens is 584 g/mol. The van der Waals surface area contributed by atoms with Gasteiger partial charge in [0.05, 0.1) is 5.02 Å². The summed E-state index contributed by atoms with van der Waals surface area (Å²) < 4.78 is 5.96. The Morgan fingerprint density at radius 1 is 0.955 bits per heavy atom. The molecule has 0 unspecified atom stereocenters. The van der Waals surface area contributed by atoms with Crippen molar-refractivity contribution in [3.8, 4) is 0 Å². The van der Waals surface area contributed by atoms with E-state index in [1.54, 1.807) is 42.3 Å². The lowest BCUT2D eigenvalue weighted by atomic mass is 9.81. The highest BCUT2D eigenvalue weighted by Crippen LogP contribution is 2.36. The fourth-order valence-corrected chi connectivity index (χ4v) is 5.94. The summed E-state index contributed by atoms with van der Waals surface area (Å²) in [6, 6.07) is 8.08. The molecule has 234 valence electrons. The molecule has 3 heterocycles. The van der Waals surface area contributed by atoms with Crippen LogP contribution in [0.2, 0.25) is 5.02 Å². The number of hydrogen-bond acceptors (Lipinski definition) is 7. The molecule has 1 saturated heterocycles. The Labute approximate surface area is 261 Å². The number of carbonyl (C=O) groups excluding carboxylic acids is 4. The van der Waals surface area contributed by atoms with Gasteiger partial charge in [0.2, 0.25) is 17.6 Å². The largest absolute Gasteiger partial charge is 0.449 e. The lowest BCUT2D eigenvalue weighted by molar-refractivity contribution is -0.136. The smallest absolute Gasteiger partial charge is 0.294 e. The molecule has 1 aromatic carbocycles. The number of rotatable bonds is 9. The summed E-state index contributed by atoms with van der Waals surface area (Å²) in [5, 5.41) is 6.51. The zero-order chi connectivity index (χ0) is 31.4. The molecule has 1 aliphatic heterocycles. The second kappa shape index (κ2) is 13.8. The average molecular weight is 623 g/mol. The lowest BCUT2D eigenvalue weighted by Gasteiger charge is -2.29. The van der Waals surface area contributed by atoms with Gasteiger partial charge >= 0.3 is 0 Å². The van der Waals surface area contributed by atoms with Crippen molar-refractivity contribution in [2.45, 2.75) is 38.5 Å². The summed E-state index contributed by atoms with van der Waals surface area (Å²) in [4.78, 5) is 62.8. The van der Waals surface area contributed by atoms with Crippen molar-refractivity contribution < 1.29 is 23.6 Å². The number of amides is 4. The standard InChI is InChI=1S/C32H39ClN6O5/c1-37(2)16-17-38(3)31(42)22-10-12-25-24(18-22)27(28(44-25)30(41)35-26-13-11-23(33)19-34-26)36-29(40)20-6-8-21(9-7-20)32(43)39-14-4-5-15-39/h10-13,18-21H,4-9,14-17H2,1-3H3,(H,36,40)(H,34,35,41)/t20-,21-. The number of furan rings is 1. The van der Waals surface area contributed by atoms with Gasteiger partial charge in [-0.25, -0.2) is 4.98 Å². The van der Waals surface area contributed by atoms with Crippen molar-refractivity contribution in [1.82, 2.24) is 19.7 Å². The van der Waals surface area contributed by atoms with Crippen LogP contribution in [0.4, 0.5) is 11.5 Å². The van der Waals surface area contributed by atoms with Gasteiger partial charge in [-0.2, -0.15) is 0 Å². The van der Waals surface area contributed by atoms with Crippen LogP contribution in [-0.2, 0) is 9.59 Å². The maximum absolute atomic E-state index is 13.6. The van der Waals surface area contributed by atoms with Gasteiger partial charge in [-0.05, 0) is 83.0 Å². The van der Waals surface area contributed by atoms with Crippen LogP contribution in [0.15, 0.2) is 40.9 Å². The Morgan fingerprint density at radius 3 is 2.32 bits per heavy atom. The fraction of sp³-hybridized carbons (Fsp3) is 0.469. The highest BCUT2D eigenvalue weighted by Gasteiger charge is 2.34. The number of hydrogen-bond donors (Lipinski definition) is 2. The Morgan fingerprint density at radius 2 is 1.66 bits per heavy atom. The minimum absolute atomic E-state index is 0.0572. The van der Waals surface area contributed by atoms with Crippen molar-refractivity contribution in [1.29, 1.82) is 0 Å². The molecule has 5 rings (SSSR count). The number of fused-ring (bicyclic) bond motifs is 1. The number of anilines is 2. The van der Waals surface area contributed by atoms with E-state index in [9.17, 15) is 19.2 Å². The molecule has 0 atom stereocenters. The molecule has 0 radical (unpaired) electrons. The molecule has 2 N–H and O–H groups in total. The molecule has 11 nitrogen and oxygen atoms in total. The van der Waals surface area contributed by atoms with Crippen LogP contribution in [0.5, 0.6) is 0 Å². The normalized spacial score (nSPS) is 18.4. The number of benzene rings is 1. The summed E-state index contributed by atoms with van der Waals surface area (Å²) in [7, 11) is 5.61. The van der Waals surface area contributed by atoms with Crippen LogP contribution < -0.4 is 10.6 Å². The van der Waals surface area contributed by atoms with E-state index in [0.717, 1.165) is 25.9 Å². The first kappa shape index (κ1) is 31.5. The number of likely N-dealkylation sites (N-methyl/N-ethyl adjacent to an activating group) is 2. The highest BCUT2D eigenvalue weighted by atomic mass is 35.5. The lowest BCUT2D eigenvalue weighted by Crippen LogP contribution is -2.37. The quantitative estimate of drug-likeness (QED) is 0.353. The summed E-state index contributed by atoms with van der Waals surface area (Å²) in [5.41, 5.74) is 0.946. The van der Waals surface area contributed by atoms with Crippen LogP contribution in [0, 0.1) is 11.8 Å². The SMILES string of the molecule is CN(C)CCN(C)C(=O)c1ccc2oc(C(=O)Nc3ccc(Cl)cn3)c(NC(=O)[C@H]3CC[C@H](C(=O)N4CCCC4)CC3)c2c1. The maximum atomic E-state index is 13.6. The summed E-state index contributed by atoms with van der Waals surface area (Å²) >= 11 is 5.94. The molecule has 2 fully saturated rings. The van der Waals surface area contributed by atoms with Crippen molar-refractivity contribution in [2.24, 2.45) is 11.8 Å². The summed E-state index contributed by atoms with van der Waals surface area (Å²) in [6.07, 6.45) is 5.94. The van der Waals surface area contributed by atoms with E-state index in [-0.39, 0.29) is 46.8 Å². The van der Waals surface area contributed by atoms with Gasteiger partial charge < -0.3 is 29.8 Å². The predicted molar refractivity (Wildman–Crippen MR) is 169 cm³/mol. The second-order valence-corrected chi connectivity index (χ2v) is 12.4. The molecule has 2 aromatic heterocycles. The minimum atomic E-state index is -0.609. The molecule has 0 bridgehead atoms. The van der Waals surface area contributed by atoms with Gasteiger partial charge in [-0.15, -0.1) is 0 Å². The average Bonchev–Trinajstić information content (AvgIpc) is 3.69. The topological polar surface area (TPSA) is 128 Å². The van der Waals surface area contributed by atoms with Gasteiger partial charge in [0.25, 0.3) is 11.8 Å². The van der Waals surface area contributed by atoms with Crippen molar-refractivity contribution in [2.75, 3.05) is 58.0 Å². The van der Waals surface area contributed by atoms with Crippen LogP contribution in [0.25, 0.3) is 11.0 Å². The minimum Gasteiger partial charge on any atom is -0.449 e. The van der Waals surface area contributed by atoms with Gasteiger partial charge in [-0.3, -0.25) is 19.2 Å². The van der Waals surface area contributed by atoms with E-state index in [4.69, 9.17) is 16.0 Å².